The maximum Gasteiger partial charge on any atom is 0.147 e. The van der Waals surface area contributed by atoms with Crippen molar-refractivity contribution >= 4 is 27.3 Å². The molecular weight excluding hydrogens is 362 g/mol. The standard InChI is InChI=1S/C15H20BrN5S/c16-12-7-13(22-10-12)9-20-4-1-11(2-5-20)15-19-18-14-8-17-3-6-21(14)15/h7,10-11,17H,1-6,8-9H2. The van der Waals surface area contributed by atoms with Crippen molar-refractivity contribution in [2.24, 2.45) is 0 Å². The molecule has 0 spiro atoms. The van der Waals surface area contributed by atoms with Gasteiger partial charge in [-0.15, -0.1) is 21.5 Å². The van der Waals surface area contributed by atoms with E-state index in [-0.39, 0.29) is 0 Å². The van der Waals surface area contributed by atoms with E-state index in [1.807, 2.05) is 11.3 Å². The van der Waals surface area contributed by atoms with Gasteiger partial charge in [-0.25, -0.2) is 0 Å². The lowest BCUT2D eigenvalue weighted by atomic mass is 9.95. The summed E-state index contributed by atoms with van der Waals surface area (Å²) in [6.45, 7) is 6.29. The molecule has 4 rings (SSSR count). The number of thiophene rings is 1. The van der Waals surface area contributed by atoms with Crippen molar-refractivity contribution in [1.82, 2.24) is 25.0 Å². The molecule has 0 aliphatic carbocycles. The summed E-state index contributed by atoms with van der Waals surface area (Å²) in [5, 5.41) is 14.4. The molecule has 118 valence electrons. The summed E-state index contributed by atoms with van der Waals surface area (Å²) < 4.78 is 3.54. The maximum atomic E-state index is 4.48. The van der Waals surface area contributed by atoms with Crippen LogP contribution in [0.15, 0.2) is 15.9 Å². The average Bonchev–Trinajstić information content (AvgIpc) is 3.14. The van der Waals surface area contributed by atoms with Crippen LogP contribution < -0.4 is 5.32 Å². The van der Waals surface area contributed by atoms with Gasteiger partial charge >= 0.3 is 0 Å². The molecule has 0 saturated carbocycles. The van der Waals surface area contributed by atoms with E-state index in [1.165, 1.54) is 28.0 Å². The molecule has 5 nitrogen and oxygen atoms in total. The van der Waals surface area contributed by atoms with Gasteiger partial charge in [0.2, 0.25) is 0 Å². The summed E-state index contributed by atoms with van der Waals surface area (Å²) in [6, 6.07) is 2.23. The van der Waals surface area contributed by atoms with Crippen molar-refractivity contribution in [3.05, 3.63) is 32.4 Å². The van der Waals surface area contributed by atoms with E-state index in [0.29, 0.717) is 5.92 Å². The molecule has 1 saturated heterocycles. The van der Waals surface area contributed by atoms with E-state index >= 15 is 0 Å². The van der Waals surface area contributed by atoms with Crippen LogP contribution in [0, 0.1) is 0 Å². The van der Waals surface area contributed by atoms with Crippen LogP contribution in [-0.2, 0) is 19.6 Å². The molecule has 0 unspecified atom stereocenters. The number of halogens is 1. The zero-order valence-corrected chi connectivity index (χ0v) is 14.9. The Kier molecular flexibility index (Phi) is 4.30. The first-order valence-corrected chi connectivity index (χ1v) is 9.55. The number of piperidine rings is 1. The predicted octanol–water partition coefficient (Wildman–Crippen LogP) is 2.58. The first kappa shape index (κ1) is 14.8. The van der Waals surface area contributed by atoms with Crippen molar-refractivity contribution in [2.45, 2.75) is 38.4 Å². The van der Waals surface area contributed by atoms with E-state index in [1.54, 1.807) is 0 Å². The second kappa shape index (κ2) is 6.39. The van der Waals surface area contributed by atoms with Crippen LogP contribution in [0.1, 0.15) is 35.3 Å². The van der Waals surface area contributed by atoms with Gasteiger partial charge in [-0.05, 0) is 47.9 Å². The number of hydrogen-bond donors (Lipinski definition) is 1. The van der Waals surface area contributed by atoms with Crippen LogP contribution in [0.5, 0.6) is 0 Å². The minimum Gasteiger partial charge on any atom is -0.312 e. The highest BCUT2D eigenvalue weighted by atomic mass is 79.9. The molecule has 0 atom stereocenters. The molecule has 0 bridgehead atoms. The van der Waals surface area contributed by atoms with Gasteiger partial charge in [0, 0.05) is 40.3 Å². The second-order valence-corrected chi connectivity index (χ2v) is 8.00. The van der Waals surface area contributed by atoms with Gasteiger partial charge in [-0.2, -0.15) is 0 Å². The molecule has 22 heavy (non-hydrogen) atoms. The lowest BCUT2D eigenvalue weighted by molar-refractivity contribution is 0.201. The molecule has 2 aliphatic rings. The molecule has 0 aromatic carbocycles. The molecule has 0 radical (unpaired) electrons. The van der Waals surface area contributed by atoms with Gasteiger partial charge in [0.15, 0.2) is 0 Å². The topological polar surface area (TPSA) is 46.0 Å². The molecular formula is C15H20BrN5S. The van der Waals surface area contributed by atoms with Crippen LogP contribution in [0.3, 0.4) is 0 Å². The summed E-state index contributed by atoms with van der Waals surface area (Å²) in [5.74, 6) is 2.90. The van der Waals surface area contributed by atoms with Crippen molar-refractivity contribution in [3.63, 3.8) is 0 Å². The van der Waals surface area contributed by atoms with Crippen molar-refractivity contribution < 1.29 is 0 Å². The summed E-state index contributed by atoms with van der Waals surface area (Å²) in [6.07, 6.45) is 2.39. The monoisotopic (exact) mass is 381 g/mol. The Balaban J connectivity index is 1.38. The number of nitrogens with one attached hydrogen (secondary N) is 1. The Morgan fingerprint density at radius 1 is 1.27 bits per heavy atom. The van der Waals surface area contributed by atoms with Crippen LogP contribution in [0.2, 0.25) is 0 Å². The van der Waals surface area contributed by atoms with Crippen LogP contribution in [0.25, 0.3) is 0 Å². The molecule has 2 aromatic heterocycles. The Morgan fingerprint density at radius 3 is 2.91 bits per heavy atom. The first-order valence-electron chi connectivity index (χ1n) is 7.87. The van der Waals surface area contributed by atoms with Crippen LogP contribution in [0.4, 0.5) is 0 Å². The number of likely N-dealkylation sites (tertiary alicyclic amines) is 1. The summed E-state index contributed by atoms with van der Waals surface area (Å²) in [7, 11) is 0. The van der Waals surface area contributed by atoms with E-state index in [2.05, 4.69) is 52.4 Å². The number of nitrogens with zero attached hydrogens (tertiary/aromatic N) is 4. The lowest BCUT2D eigenvalue weighted by Crippen LogP contribution is -2.34. The van der Waals surface area contributed by atoms with Crippen molar-refractivity contribution in [2.75, 3.05) is 19.6 Å². The van der Waals surface area contributed by atoms with Crippen molar-refractivity contribution in [1.29, 1.82) is 0 Å². The maximum absolute atomic E-state index is 4.48. The van der Waals surface area contributed by atoms with Gasteiger partial charge < -0.3 is 9.88 Å². The van der Waals surface area contributed by atoms with Gasteiger partial charge in [0.1, 0.15) is 11.6 Å². The fourth-order valence-electron chi connectivity index (χ4n) is 3.42. The van der Waals surface area contributed by atoms with Crippen LogP contribution in [-0.4, -0.2) is 39.3 Å². The van der Waals surface area contributed by atoms with E-state index in [0.717, 1.165) is 45.1 Å². The fourth-order valence-corrected chi connectivity index (χ4v) is 4.92. The van der Waals surface area contributed by atoms with Gasteiger partial charge in [-0.3, -0.25) is 4.90 Å². The second-order valence-electron chi connectivity index (χ2n) is 6.08. The Labute approximate surface area is 142 Å². The smallest absolute Gasteiger partial charge is 0.147 e. The third kappa shape index (κ3) is 2.99. The van der Waals surface area contributed by atoms with E-state index < -0.39 is 0 Å². The molecule has 0 amide bonds. The zero-order chi connectivity index (χ0) is 14.9. The van der Waals surface area contributed by atoms with Crippen LogP contribution >= 0.6 is 27.3 Å². The van der Waals surface area contributed by atoms with E-state index in [9.17, 15) is 0 Å². The third-order valence-corrected chi connectivity index (χ3v) is 6.29. The summed E-state index contributed by atoms with van der Waals surface area (Å²) in [4.78, 5) is 4.00. The first-order chi connectivity index (χ1) is 10.8. The Bertz CT molecular complexity index is 644. The number of hydrogen-bond acceptors (Lipinski definition) is 5. The Hall–Kier alpha value is -0.760. The minimum absolute atomic E-state index is 0.575. The minimum atomic E-state index is 0.575. The SMILES string of the molecule is Brc1csc(CN2CCC(c3nnc4n3CCNC4)CC2)c1. The average molecular weight is 382 g/mol. The predicted molar refractivity (Wildman–Crippen MR) is 91.0 cm³/mol. The molecule has 2 aliphatic heterocycles. The normalized spacial score (nSPS) is 20.2. The zero-order valence-electron chi connectivity index (χ0n) is 12.5. The van der Waals surface area contributed by atoms with E-state index in [4.69, 9.17) is 0 Å². The van der Waals surface area contributed by atoms with Crippen molar-refractivity contribution in [3.8, 4) is 0 Å². The number of rotatable bonds is 3. The summed E-state index contributed by atoms with van der Waals surface area (Å²) >= 11 is 5.37. The summed E-state index contributed by atoms with van der Waals surface area (Å²) in [5.41, 5.74) is 0. The molecule has 1 N–H and O–H groups in total. The molecule has 7 heteroatoms. The Morgan fingerprint density at radius 2 is 2.14 bits per heavy atom. The fraction of sp³-hybridized carbons (Fsp3) is 0.600. The van der Waals surface area contributed by atoms with Gasteiger partial charge in [0.05, 0.1) is 6.54 Å². The highest BCUT2D eigenvalue weighted by Gasteiger charge is 2.27. The molecule has 4 heterocycles. The van der Waals surface area contributed by atoms with Gasteiger partial charge in [0.25, 0.3) is 0 Å². The molecule has 2 aromatic rings. The third-order valence-electron chi connectivity index (χ3n) is 4.61. The quantitative estimate of drug-likeness (QED) is 0.887. The number of fused-ring (bicyclic) bond motifs is 1. The lowest BCUT2D eigenvalue weighted by Gasteiger charge is -2.31. The highest BCUT2D eigenvalue weighted by Crippen LogP contribution is 2.29. The highest BCUT2D eigenvalue weighted by molar-refractivity contribution is 9.10. The number of aromatic nitrogens is 3. The van der Waals surface area contributed by atoms with Gasteiger partial charge in [-0.1, -0.05) is 0 Å². The molecule has 1 fully saturated rings. The largest absolute Gasteiger partial charge is 0.312 e.